The van der Waals surface area contributed by atoms with Crippen LogP contribution in [0.5, 0.6) is 5.75 Å². The van der Waals surface area contributed by atoms with Gasteiger partial charge in [0, 0.05) is 12.1 Å². The minimum atomic E-state index is -0.214. The quantitative estimate of drug-likeness (QED) is 0.616. The van der Waals surface area contributed by atoms with Gasteiger partial charge >= 0.3 is 0 Å². The highest BCUT2D eigenvalue weighted by Gasteiger charge is 2.14. The number of para-hydroxylation sites is 2. The zero-order valence-electron chi connectivity index (χ0n) is 16.4. The maximum absolute atomic E-state index is 12.6. The van der Waals surface area contributed by atoms with Crippen molar-refractivity contribution in [1.29, 1.82) is 0 Å². The molecule has 5 nitrogen and oxygen atoms in total. The van der Waals surface area contributed by atoms with Gasteiger partial charge in [0.15, 0.2) is 0 Å². The van der Waals surface area contributed by atoms with Crippen LogP contribution in [0.4, 0.5) is 5.69 Å². The predicted molar refractivity (Wildman–Crippen MR) is 114 cm³/mol. The first-order valence-electron chi connectivity index (χ1n) is 9.50. The summed E-state index contributed by atoms with van der Waals surface area (Å²) < 4.78 is 5.30. The van der Waals surface area contributed by atoms with Gasteiger partial charge in [-0.25, -0.2) is 0 Å². The molecule has 0 bridgehead atoms. The number of carbonyl (C=O) groups excluding carboxylic acids is 2. The summed E-state index contributed by atoms with van der Waals surface area (Å²) in [5, 5.41) is 5.76. The van der Waals surface area contributed by atoms with Crippen LogP contribution in [0.25, 0.3) is 0 Å². The Morgan fingerprint density at radius 3 is 2.34 bits per heavy atom. The summed E-state index contributed by atoms with van der Waals surface area (Å²) >= 11 is 0. The molecule has 0 saturated heterocycles. The molecule has 0 saturated carbocycles. The zero-order chi connectivity index (χ0) is 20.5. The average Bonchev–Trinajstić information content (AvgIpc) is 2.75. The Morgan fingerprint density at radius 2 is 1.55 bits per heavy atom. The van der Waals surface area contributed by atoms with Gasteiger partial charge in [0.1, 0.15) is 5.75 Å². The first-order chi connectivity index (χ1) is 14.2. The highest BCUT2D eigenvalue weighted by molar-refractivity contribution is 6.04. The molecule has 2 N–H and O–H groups in total. The molecule has 0 aliphatic carbocycles. The van der Waals surface area contributed by atoms with Crippen LogP contribution in [0.15, 0.2) is 78.9 Å². The smallest absolute Gasteiger partial charge is 0.253 e. The SMILES string of the molecule is COc1ccccc1CC(=O)Nc1ccccc1C(=O)NCCc1ccccc1. The van der Waals surface area contributed by atoms with E-state index in [2.05, 4.69) is 10.6 Å². The van der Waals surface area contributed by atoms with Crippen molar-refractivity contribution in [2.24, 2.45) is 0 Å². The Hall–Kier alpha value is -3.60. The van der Waals surface area contributed by atoms with E-state index in [-0.39, 0.29) is 18.2 Å². The van der Waals surface area contributed by atoms with Gasteiger partial charge in [0.25, 0.3) is 5.91 Å². The molecule has 0 aliphatic rings. The number of rotatable bonds is 8. The molecular formula is C24H24N2O3. The Labute approximate surface area is 170 Å². The fraction of sp³-hybridized carbons (Fsp3) is 0.167. The first-order valence-corrected chi connectivity index (χ1v) is 9.50. The van der Waals surface area contributed by atoms with Gasteiger partial charge < -0.3 is 15.4 Å². The van der Waals surface area contributed by atoms with Crippen molar-refractivity contribution in [1.82, 2.24) is 5.32 Å². The molecular weight excluding hydrogens is 364 g/mol. The maximum Gasteiger partial charge on any atom is 0.253 e. The average molecular weight is 388 g/mol. The molecule has 0 fully saturated rings. The number of anilines is 1. The Kier molecular flexibility index (Phi) is 7.00. The normalized spacial score (nSPS) is 10.2. The van der Waals surface area contributed by atoms with Crippen LogP contribution in [-0.2, 0) is 17.6 Å². The second kappa shape index (κ2) is 10.1. The zero-order valence-corrected chi connectivity index (χ0v) is 16.4. The number of carbonyl (C=O) groups is 2. The van der Waals surface area contributed by atoms with E-state index in [0.29, 0.717) is 23.5 Å². The number of hydrogen-bond donors (Lipinski definition) is 2. The number of nitrogens with one attached hydrogen (secondary N) is 2. The van der Waals surface area contributed by atoms with E-state index in [0.717, 1.165) is 17.5 Å². The van der Waals surface area contributed by atoms with E-state index in [1.807, 2.05) is 54.6 Å². The fourth-order valence-corrected chi connectivity index (χ4v) is 3.07. The van der Waals surface area contributed by atoms with Crippen LogP contribution in [0.2, 0.25) is 0 Å². The third-order valence-corrected chi connectivity index (χ3v) is 4.53. The van der Waals surface area contributed by atoms with Crippen molar-refractivity contribution >= 4 is 17.5 Å². The van der Waals surface area contributed by atoms with Gasteiger partial charge in [-0.3, -0.25) is 9.59 Å². The van der Waals surface area contributed by atoms with Gasteiger partial charge in [0.2, 0.25) is 5.91 Å². The lowest BCUT2D eigenvalue weighted by Gasteiger charge is -2.12. The van der Waals surface area contributed by atoms with Crippen LogP contribution >= 0.6 is 0 Å². The summed E-state index contributed by atoms with van der Waals surface area (Å²) in [7, 11) is 1.58. The van der Waals surface area contributed by atoms with Crippen molar-refractivity contribution in [3.05, 3.63) is 95.6 Å². The lowest BCUT2D eigenvalue weighted by molar-refractivity contribution is -0.115. The molecule has 148 valence electrons. The fourth-order valence-electron chi connectivity index (χ4n) is 3.07. The number of amides is 2. The molecule has 0 spiro atoms. The topological polar surface area (TPSA) is 67.4 Å². The molecule has 2 amide bonds. The van der Waals surface area contributed by atoms with Gasteiger partial charge in [-0.15, -0.1) is 0 Å². The molecule has 0 aliphatic heterocycles. The number of hydrogen-bond acceptors (Lipinski definition) is 3. The standard InChI is InChI=1S/C24H24N2O3/c1-29-22-14-8-5-11-19(22)17-23(27)26-21-13-7-6-12-20(21)24(28)25-16-15-18-9-3-2-4-10-18/h2-14H,15-17H2,1H3,(H,25,28)(H,26,27). The molecule has 3 rings (SSSR count). The van der Waals surface area contributed by atoms with E-state index >= 15 is 0 Å². The predicted octanol–water partition coefficient (Wildman–Crippen LogP) is 3.85. The Balaban J connectivity index is 1.62. The van der Waals surface area contributed by atoms with Gasteiger partial charge in [-0.05, 0) is 30.2 Å². The van der Waals surface area contributed by atoms with Gasteiger partial charge in [-0.2, -0.15) is 0 Å². The summed E-state index contributed by atoms with van der Waals surface area (Å²) in [5.74, 6) is 0.239. The molecule has 3 aromatic rings. The molecule has 0 aromatic heterocycles. The van der Waals surface area contributed by atoms with Crippen LogP contribution in [-0.4, -0.2) is 25.5 Å². The highest BCUT2D eigenvalue weighted by atomic mass is 16.5. The monoisotopic (exact) mass is 388 g/mol. The summed E-state index contributed by atoms with van der Waals surface area (Å²) in [6, 6.07) is 24.4. The van der Waals surface area contributed by atoms with Crippen molar-refractivity contribution < 1.29 is 14.3 Å². The maximum atomic E-state index is 12.6. The minimum Gasteiger partial charge on any atom is -0.496 e. The third-order valence-electron chi connectivity index (χ3n) is 4.53. The summed E-state index contributed by atoms with van der Waals surface area (Å²) in [5.41, 5.74) is 2.88. The minimum absolute atomic E-state index is 0.161. The van der Waals surface area contributed by atoms with Gasteiger partial charge in [0.05, 0.1) is 24.8 Å². The first kappa shape index (κ1) is 20.1. The van der Waals surface area contributed by atoms with Crippen LogP contribution in [0, 0.1) is 0 Å². The van der Waals surface area contributed by atoms with E-state index < -0.39 is 0 Å². The molecule has 3 aromatic carbocycles. The van der Waals surface area contributed by atoms with Crippen molar-refractivity contribution in [2.45, 2.75) is 12.8 Å². The van der Waals surface area contributed by atoms with Crippen molar-refractivity contribution in [3.63, 3.8) is 0 Å². The van der Waals surface area contributed by atoms with Gasteiger partial charge in [-0.1, -0.05) is 60.7 Å². The van der Waals surface area contributed by atoms with E-state index in [1.54, 1.807) is 31.4 Å². The Morgan fingerprint density at radius 1 is 0.862 bits per heavy atom. The van der Waals surface area contributed by atoms with E-state index in [9.17, 15) is 9.59 Å². The van der Waals surface area contributed by atoms with E-state index in [1.165, 1.54) is 0 Å². The highest BCUT2D eigenvalue weighted by Crippen LogP contribution is 2.20. The molecule has 0 radical (unpaired) electrons. The molecule has 0 heterocycles. The van der Waals surface area contributed by atoms with Crippen molar-refractivity contribution in [3.8, 4) is 5.75 Å². The number of ether oxygens (including phenoxy) is 1. The third kappa shape index (κ3) is 5.69. The summed E-state index contributed by atoms with van der Waals surface area (Å²) in [6.07, 6.45) is 0.906. The Bertz CT molecular complexity index is 971. The molecule has 0 unspecified atom stereocenters. The number of benzene rings is 3. The second-order valence-electron chi connectivity index (χ2n) is 6.57. The lowest BCUT2D eigenvalue weighted by Crippen LogP contribution is -2.27. The molecule has 5 heteroatoms. The largest absolute Gasteiger partial charge is 0.496 e. The van der Waals surface area contributed by atoms with E-state index in [4.69, 9.17) is 4.74 Å². The second-order valence-corrected chi connectivity index (χ2v) is 6.57. The number of methoxy groups -OCH3 is 1. The van der Waals surface area contributed by atoms with Crippen LogP contribution in [0.3, 0.4) is 0 Å². The van der Waals surface area contributed by atoms with Crippen LogP contribution in [0.1, 0.15) is 21.5 Å². The summed E-state index contributed by atoms with van der Waals surface area (Å²) in [6.45, 7) is 0.520. The van der Waals surface area contributed by atoms with Crippen LogP contribution < -0.4 is 15.4 Å². The lowest BCUT2D eigenvalue weighted by atomic mass is 10.1. The molecule has 0 atom stereocenters. The summed E-state index contributed by atoms with van der Waals surface area (Å²) in [4.78, 5) is 25.1. The van der Waals surface area contributed by atoms with Crippen molar-refractivity contribution in [2.75, 3.05) is 19.0 Å². The molecule has 29 heavy (non-hydrogen) atoms.